The summed E-state index contributed by atoms with van der Waals surface area (Å²) in [5, 5.41) is 3.92. The average Bonchev–Trinajstić information content (AvgIpc) is 2.81. The van der Waals surface area contributed by atoms with Gasteiger partial charge >= 0.3 is 0 Å². The summed E-state index contributed by atoms with van der Waals surface area (Å²) >= 11 is 13.2. The van der Waals surface area contributed by atoms with E-state index in [9.17, 15) is 9.18 Å². The number of anilines is 1. The van der Waals surface area contributed by atoms with Crippen molar-refractivity contribution >= 4 is 55.8 Å². The fourth-order valence-electron chi connectivity index (χ4n) is 1.81. The summed E-state index contributed by atoms with van der Waals surface area (Å²) in [5.41, 5.74) is 0.791. The normalized spacial score (nSPS) is 10.8. The van der Waals surface area contributed by atoms with E-state index in [1.807, 2.05) is 0 Å². The van der Waals surface area contributed by atoms with Gasteiger partial charge in [-0.15, -0.1) is 0 Å². The van der Waals surface area contributed by atoms with Crippen molar-refractivity contribution in [2.75, 3.05) is 5.32 Å². The number of nitrogens with one attached hydrogen (secondary N) is 1. The number of thiazole rings is 1. The molecule has 0 aliphatic rings. The van der Waals surface area contributed by atoms with E-state index < -0.39 is 11.7 Å². The molecule has 0 aliphatic heterocycles. The number of rotatable bonds is 2. The molecule has 0 saturated carbocycles. The van der Waals surface area contributed by atoms with Gasteiger partial charge in [0.15, 0.2) is 5.13 Å². The SMILES string of the molecule is O=C(Nc1nc2c(Cl)cc(Cl)cc2s1)c1cccc(F)c1. The van der Waals surface area contributed by atoms with Gasteiger partial charge in [-0.3, -0.25) is 10.1 Å². The van der Waals surface area contributed by atoms with E-state index in [4.69, 9.17) is 23.2 Å². The zero-order valence-corrected chi connectivity index (χ0v) is 12.7. The average molecular weight is 341 g/mol. The first kappa shape index (κ1) is 14.3. The fraction of sp³-hybridized carbons (Fsp3) is 0. The van der Waals surface area contributed by atoms with Gasteiger partial charge in [0.2, 0.25) is 0 Å². The van der Waals surface area contributed by atoms with Gasteiger partial charge in [-0.25, -0.2) is 9.37 Å². The third kappa shape index (κ3) is 3.00. The molecule has 1 amide bonds. The molecule has 106 valence electrons. The van der Waals surface area contributed by atoms with E-state index in [0.29, 0.717) is 20.7 Å². The Kier molecular flexibility index (Phi) is 3.80. The van der Waals surface area contributed by atoms with Crippen LogP contribution in [-0.2, 0) is 0 Å². The third-order valence-electron chi connectivity index (χ3n) is 2.72. The van der Waals surface area contributed by atoms with Crippen molar-refractivity contribution in [2.45, 2.75) is 0 Å². The Morgan fingerprint density at radius 1 is 1.24 bits per heavy atom. The molecule has 7 heteroatoms. The molecule has 3 aromatic rings. The highest BCUT2D eigenvalue weighted by atomic mass is 35.5. The number of aromatic nitrogens is 1. The van der Waals surface area contributed by atoms with Crippen molar-refractivity contribution < 1.29 is 9.18 Å². The highest BCUT2D eigenvalue weighted by Crippen LogP contribution is 2.33. The maximum absolute atomic E-state index is 13.1. The van der Waals surface area contributed by atoms with Gasteiger partial charge in [0.1, 0.15) is 11.3 Å². The summed E-state index contributed by atoms with van der Waals surface area (Å²) in [6.07, 6.45) is 0. The zero-order chi connectivity index (χ0) is 15.0. The first-order chi connectivity index (χ1) is 10.0. The van der Waals surface area contributed by atoms with Crippen molar-refractivity contribution in [1.82, 2.24) is 4.98 Å². The van der Waals surface area contributed by atoms with E-state index in [0.717, 1.165) is 10.8 Å². The molecule has 2 aromatic carbocycles. The van der Waals surface area contributed by atoms with Crippen molar-refractivity contribution in [3.05, 3.63) is 57.8 Å². The Balaban J connectivity index is 1.91. The third-order valence-corrected chi connectivity index (χ3v) is 4.14. The molecule has 0 aliphatic carbocycles. The lowest BCUT2D eigenvalue weighted by Gasteiger charge is -2.01. The largest absolute Gasteiger partial charge is 0.298 e. The quantitative estimate of drug-likeness (QED) is 0.713. The lowest BCUT2D eigenvalue weighted by atomic mass is 10.2. The minimum Gasteiger partial charge on any atom is -0.298 e. The van der Waals surface area contributed by atoms with Crippen molar-refractivity contribution in [1.29, 1.82) is 0 Å². The Bertz CT molecular complexity index is 850. The number of amides is 1. The van der Waals surface area contributed by atoms with Gasteiger partial charge in [0, 0.05) is 10.6 Å². The van der Waals surface area contributed by atoms with Crippen LogP contribution >= 0.6 is 34.5 Å². The fourth-order valence-corrected chi connectivity index (χ4v) is 3.39. The Morgan fingerprint density at radius 2 is 2.05 bits per heavy atom. The number of hydrogen-bond donors (Lipinski definition) is 1. The van der Waals surface area contributed by atoms with E-state index in [1.54, 1.807) is 12.1 Å². The number of fused-ring (bicyclic) bond motifs is 1. The topological polar surface area (TPSA) is 42.0 Å². The van der Waals surface area contributed by atoms with Crippen molar-refractivity contribution in [2.24, 2.45) is 0 Å². The molecule has 0 fully saturated rings. The Morgan fingerprint density at radius 3 is 2.81 bits per heavy atom. The Labute approximate surface area is 133 Å². The zero-order valence-electron chi connectivity index (χ0n) is 10.4. The molecule has 0 radical (unpaired) electrons. The number of benzene rings is 2. The second kappa shape index (κ2) is 5.60. The van der Waals surface area contributed by atoms with Gasteiger partial charge in [-0.2, -0.15) is 0 Å². The van der Waals surface area contributed by atoms with Crippen LogP contribution in [0.15, 0.2) is 36.4 Å². The van der Waals surface area contributed by atoms with Crippen LogP contribution < -0.4 is 5.32 Å². The highest BCUT2D eigenvalue weighted by molar-refractivity contribution is 7.22. The van der Waals surface area contributed by atoms with Crippen LogP contribution in [0.25, 0.3) is 10.2 Å². The summed E-state index contributed by atoms with van der Waals surface area (Å²) in [6, 6.07) is 8.74. The van der Waals surface area contributed by atoms with E-state index in [2.05, 4.69) is 10.3 Å². The molecule has 0 unspecified atom stereocenters. The minimum absolute atomic E-state index is 0.221. The molecular formula is C14H7Cl2FN2OS. The predicted octanol–water partition coefficient (Wildman–Crippen LogP) is 4.99. The highest BCUT2D eigenvalue weighted by Gasteiger charge is 2.12. The first-order valence-electron chi connectivity index (χ1n) is 5.85. The van der Waals surface area contributed by atoms with Crippen LogP contribution in [-0.4, -0.2) is 10.9 Å². The second-order valence-corrected chi connectivity index (χ2v) is 6.09. The van der Waals surface area contributed by atoms with Crippen LogP contribution in [0.1, 0.15) is 10.4 Å². The molecular weight excluding hydrogens is 334 g/mol. The van der Waals surface area contributed by atoms with Gasteiger partial charge < -0.3 is 0 Å². The molecule has 0 atom stereocenters. The van der Waals surface area contributed by atoms with Crippen molar-refractivity contribution in [3.8, 4) is 0 Å². The maximum Gasteiger partial charge on any atom is 0.257 e. The lowest BCUT2D eigenvalue weighted by molar-refractivity contribution is 0.102. The Hall–Kier alpha value is -1.69. The first-order valence-corrected chi connectivity index (χ1v) is 7.43. The van der Waals surface area contributed by atoms with E-state index >= 15 is 0 Å². The molecule has 3 nitrogen and oxygen atoms in total. The summed E-state index contributed by atoms with van der Waals surface area (Å²) in [5.74, 6) is -0.905. The summed E-state index contributed by atoms with van der Waals surface area (Å²) in [4.78, 5) is 16.3. The van der Waals surface area contributed by atoms with Crippen LogP contribution in [0.4, 0.5) is 9.52 Å². The molecule has 21 heavy (non-hydrogen) atoms. The number of carbonyl (C=O) groups excluding carboxylic acids is 1. The monoisotopic (exact) mass is 340 g/mol. The van der Waals surface area contributed by atoms with E-state index in [1.165, 1.54) is 29.5 Å². The van der Waals surface area contributed by atoms with Crippen molar-refractivity contribution in [3.63, 3.8) is 0 Å². The standard InChI is InChI=1S/C14H7Cl2FN2OS/c15-8-5-10(16)12-11(6-8)21-14(18-12)19-13(20)7-2-1-3-9(17)4-7/h1-6H,(H,18,19,20). The summed E-state index contributed by atoms with van der Waals surface area (Å²) in [7, 11) is 0. The number of nitrogens with zero attached hydrogens (tertiary/aromatic N) is 1. The molecule has 1 N–H and O–H groups in total. The number of carbonyl (C=O) groups is 1. The molecule has 0 spiro atoms. The molecule has 0 saturated heterocycles. The molecule has 1 aromatic heterocycles. The van der Waals surface area contributed by atoms with Gasteiger partial charge in [-0.1, -0.05) is 40.6 Å². The van der Waals surface area contributed by atoms with Gasteiger partial charge in [-0.05, 0) is 30.3 Å². The number of hydrogen-bond acceptors (Lipinski definition) is 3. The van der Waals surface area contributed by atoms with E-state index in [-0.39, 0.29) is 5.56 Å². The second-order valence-electron chi connectivity index (χ2n) is 4.22. The molecule has 3 rings (SSSR count). The summed E-state index contributed by atoms with van der Waals surface area (Å²) < 4.78 is 13.9. The van der Waals surface area contributed by atoms with Gasteiger partial charge in [0.05, 0.1) is 9.72 Å². The summed E-state index contributed by atoms with van der Waals surface area (Å²) in [6.45, 7) is 0. The van der Waals surface area contributed by atoms with Crippen LogP contribution in [0, 0.1) is 5.82 Å². The molecule has 0 bridgehead atoms. The lowest BCUT2D eigenvalue weighted by Crippen LogP contribution is -2.11. The van der Waals surface area contributed by atoms with Crippen LogP contribution in [0.2, 0.25) is 10.0 Å². The van der Waals surface area contributed by atoms with Gasteiger partial charge in [0.25, 0.3) is 5.91 Å². The maximum atomic E-state index is 13.1. The van der Waals surface area contributed by atoms with Crippen LogP contribution in [0.5, 0.6) is 0 Å². The minimum atomic E-state index is -0.471. The van der Waals surface area contributed by atoms with Crippen LogP contribution in [0.3, 0.4) is 0 Å². The smallest absolute Gasteiger partial charge is 0.257 e. The molecule has 1 heterocycles. The number of halogens is 3. The predicted molar refractivity (Wildman–Crippen MR) is 84.0 cm³/mol.